The first-order chi connectivity index (χ1) is 12.2. The van der Waals surface area contributed by atoms with Crippen molar-refractivity contribution in [1.82, 2.24) is 20.0 Å². The number of rotatable bonds is 3. The van der Waals surface area contributed by atoms with Crippen molar-refractivity contribution in [2.24, 2.45) is 0 Å². The third kappa shape index (κ3) is 2.96. The Balaban J connectivity index is 1.69. The van der Waals surface area contributed by atoms with E-state index in [0.29, 0.717) is 6.04 Å². The zero-order chi connectivity index (χ0) is 17.4. The van der Waals surface area contributed by atoms with Crippen molar-refractivity contribution in [1.29, 1.82) is 0 Å². The summed E-state index contributed by atoms with van der Waals surface area (Å²) in [7, 11) is 1.97. The molecule has 1 fully saturated rings. The molecule has 1 unspecified atom stereocenters. The summed E-state index contributed by atoms with van der Waals surface area (Å²) in [6.45, 7) is 3.63. The number of nitrogens with zero attached hydrogens (tertiary/aromatic N) is 3. The number of benzene rings is 1. The number of likely N-dealkylation sites (N-methyl/N-ethyl adjacent to an activating group) is 1. The molecule has 0 aliphatic carbocycles. The van der Waals surface area contributed by atoms with Crippen LogP contribution in [0.3, 0.4) is 0 Å². The first-order valence-electron chi connectivity index (χ1n) is 8.68. The number of nitrogens with one attached hydrogen (secondary N) is 1. The van der Waals surface area contributed by atoms with Gasteiger partial charge in [0.25, 0.3) is 5.91 Å². The van der Waals surface area contributed by atoms with E-state index in [1.54, 1.807) is 0 Å². The van der Waals surface area contributed by atoms with E-state index in [1.807, 2.05) is 60.0 Å². The second kappa shape index (κ2) is 6.61. The van der Waals surface area contributed by atoms with Gasteiger partial charge in [-0.2, -0.15) is 5.10 Å². The lowest BCUT2D eigenvalue weighted by atomic mass is 10.1. The Morgan fingerprint density at radius 2 is 2.12 bits per heavy atom. The summed E-state index contributed by atoms with van der Waals surface area (Å²) in [5.74, 6) is 0.139. The van der Waals surface area contributed by atoms with Crippen LogP contribution in [0.1, 0.15) is 28.2 Å². The highest BCUT2D eigenvalue weighted by Crippen LogP contribution is 2.31. The zero-order valence-electron chi connectivity index (χ0n) is 14.5. The molecule has 1 saturated heterocycles. The van der Waals surface area contributed by atoms with Gasteiger partial charge in [0.1, 0.15) is 4.83 Å². The van der Waals surface area contributed by atoms with Crippen molar-refractivity contribution in [3.05, 3.63) is 47.0 Å². The van der Waals surface area contributed by atoms with Crippen LogP contribution in [-0.2, 0) is 0 Å². The van der Waals surface area contributed by atoms with Crippen molar-refractivity contribution in [3.63, 3.8) is 0 Å². The van der Waals surface area contributed by atoms with Crippen LogP contribution in [0, 0.1) is 6.92 Å². The van der Waals surface area contributed by atoms with Crippen LogP contribution in [0.25, 0.3) is 15.9 Å². The number of likely N-dealkylation sites (tertiary alicyclic amines) is 1. The Morgan fingerprint density at radius 1 is 1.32 bits per heavy atom. The third-order valence-electron chi connectivity index (χ3n) is 4.87. The van der Waals surface area contributed by atoms with Crippen LogP contribution in [0.4, 0.5) is 0 Å². The van der Waals surface area contributed by atoms with Crippen molar-refractivity contribution < 1.29 is 4.79 Å². The van der Waals surface area contributed by atoms with E-state index in [-0.39, 0.29) is 5.91 Å². The highest BCUT2D eigenvalue weighted by Gasteiger charge is 2.26. The predicted octanol–water partition coefficient (Wildman–Crippen LogP) is 3.22. The van der Waals surface area contributed by atoms with Crippen molar-refractivity contribution in [2.45, 2.75) is 25.8 Å². The van der Waals surface area contributed by atoms with Gasteiger partial charge in [0.05, 0.1) is 16.3 Å². The summed E-state index contributed by atoms with van der Waals surface area (Å²) in [6, 6.07) is 12.5. The molecule has 1 atom stereocenters. The van der Waals surface area contributed by atoms with E-state index in [9.17, 15) is 4.79 Å². The smallest absolute Gasteiger partial charge is 0.264 e. The van der Waals surface area contributed by atoms with Crippen molar-refractivity contribution in [3.8, 4) is 5.69 Å². The second-order valence-corrected chi connectivity index (χ2v) is 7.57. The monoisotopic (exact) mass is 354 g/mol. The van der Waals surface area contributed by atoms with Gasteiger partial charge in [0.15, 0.2) is 0 Å². The third-order valence-corrected chi connectivity index (χ3v) is 5.97. The number of thiophene rings is 1. The lowest BCUT2D eigenvalue weighted by molar-refractivity contribution is 0.0703. The quantitative estimate of drug-likeness (QED) is 0.786. The van der Waals surface area contributed by atoms with E-state index in [2.05, 4.69) is 10.4 Å². The summed E-state index contributed by atoms with van der Waals surface area (Å²) < 4.78 is 1.94. The molecule has 3 aromatic rings. The van der Waals surface area contributed by atoms with Gasteiger partial charge in [-0.3, -0.25) is 4.79 Å². The van der Waals surface area contributed by atoms with Crippen LogP contribution < -0.4 is 5.32 Å². The Bertz CT molecular complexity index is 899. The Morgan fingerprint density at radius 3 is 2.88 bits per heavy atom. The number of aryl methyl sites for hydroxylation is 1. The van der Waals surface area contributed by atoms with Gasteiger partial charge in [0, 0.05) is 24.5 Å². The van der Waals surface area contributed by atoms with Gasteiger partial charge in [0.2, 0.25) is 0 Å². The molecule has 2 aromatic heterocycles. The van der Waals surface area contributed by atoms with Gasteiger partial charge in [-0.15, -0.1) is 11.3 Å². The lowest BCUT2D eigenvalue weighted by Gasteiger charge is -2.32. The number of aromatic nitrogens is 2. The van der Waals surface area contributed by atoms with E-state index in [1.165, 1.54) is 11.3 Å². The molecule has 1 aromatic carbocycles. The maximum absolute atomic E-state index is 13.0. The molecule has 5 nitrogen and oxygen atoms in total. The number of para-hydroxylation sites is 1. The molecule has 0 radical (unpaired) electrons. The maximum atomic E-state index is 13.0. The van der Waals surface area contributed by atoms with Gasteiger partial charge in [-0.25, -0.2) is 4.68 Å². The zero-order valence-corrected chi connectivity index (χ0v) is 15.3. The maximum Gasteiger partial charge on any atom is 0.264 e. The van der Waals surface area contributed by atoms with E-state index in [4.69, 9.17) is 0 Å². The van der Waals surface area contributed by atoms with Crippen LogP contribution >= 0.6 is 11.3 Å². The summed E-state index contributed by atoms with van der Waals surface area (Å²) in [6.07, 6.45) is 2.19. The van der Waals surface area contributed by atoms with E-state index >= 15 is 0 Å². The van der Waals surface area contributed by atoms with Gasteiger partial charge in [-0.1, -0.05) is 18.2 Å². The highest BCUT2D eigenvalue weighted by atomic mass is 32.1. The molecular formula is C19H22N4OS. The Labute approximate surface area is 151 Å². The normalized spacial score (nSPS) is 18.0. The highest BCUT2D eigenvalue weighted by molar-refractivity contribution is 7.20. The summed E-state index contributed by atoms with van der Waals surface area (Å²) in [5.41, 5.74) is 1.98. The molecule has 3 heterocycles. The van der Waals surface area contributed by atoms with Crippen LogP contribution in [0.15, 0.2) is 36.4 Å². The SMILES string of the molecule is CNC1CCCN(C(=O)c2cc3c(C)nn(-c4ccccc4)c3s2)C1. The fourth-order valence-corrected chi connectivity index (χ4v) is 4.60. The average Bonchev–Trinajstić information content (AvgIpc) is 3.22. The minimum atomic E-state index is 0.139. The number of amides is 1. The van der Waals surface area contributed by atoms with Crippen molar-refractivity contribution in [2.75, 3.05) is 20.1 Å². The van der Waals surface area contributed by atoms with E-state index < -0.39 is 0 Å². The molecule has 25 heavy (non-hydrogen) atoms. The molecule has 0 bridgehead atoms. The molecule has 1 amide bonds. The molecule has 130 valence electrons. The molecule has 1 aliphatic rings. The van der Waals surface area contributed by atoms with Gasteiger partial charge >= 0.3 is 0 Å². The fraction of sp³-hybridized carbons (Fsp3) is 0.368. The molecule has 1 N–H and O–H groups in total. The molecule has 0 saturated carbocycles. The van der Waals surface area contributed by atoms with E-state index in [0.717, 1.165) is 52.4 Å². The molecular weight excluding hydrogens is 332 g/mol. The van der Waals surface area contributed by atoms with Gasteiger partial charge < -0.3 is 10.2 Å². The Hall–Kier alpha value is -2.18. The largest absolute Gasteiger partial charge is 0.336 e. The number of carbonyl (C=O) groups is 1. The first-order valence-corrected chi connectivity index (χ1v) is 9.50. The minimum Gasteiger partial charge on any atom is -0.336 e. The topological polar surface area (TPSA) is 50.2 Å². The first kappa shape index (κ1) is 16.3. The van der Waals surface area contributed by atoms with Crippen LogP contribution in [-0.4, -0.2) is 46.8 Å². The predicted molar refractivity (Wildman–Crippen MR) is 102 cm³/mol. The molecule has 0 spiro atoms. The van der Waals surface area contributed by atoms with Gasteiger partial charge in [-0.05, 0) is 45.0 Å². The molecule has 1 aliphatic heterocycles. The Kier molecular flexibility index (Phi) is 4.31. The fourth-order valence-electron chi connectivity index (χ4n) is 3.45. The second-order valence-electron chi connectivity index (χ2n) is 6.54. The standard InChI is InChI=1S/C19H22N4OS/c1-13-16-11-17(18(24)22-10-6-7-14(12-22)20-2)25-19(16)23(21-13)15-8-4-3-5-9-15/h3-5,8-9,11,14,20H,6-7,10,12H2,1-2H3. The minimum absolute atomic E-state index is 0.139. The number of piperidine rings is 1. The van der Waals surface area contributed by atoms with Crippen LogP contribution in [0.5, 0.6) is 0 Å². The van der Waals surface area contributed by atoms with Crippen LogP contribution in [0.2, 0.25) is 0 Å². The average molecular weight is 354 g/mol. The number of hydrogen-bond donors (Lipinski definition) is 1. The summed E-state index contributed by atoms with van der Waals surface area (Å²) >= 11 is 1.54. The lowest BCUT2D eigenvalue weighted by Crippen LogP contribution is -2.46. The summed E-state index contributed by atoms with van der Waals surface area (Å²) in [4.78, 5) is 16.8. The number of carbonyl (C=O) groups excluding carboxylic acids is 1. The summed E-state index contributed by atoms with van der Waals surface area (Å²) in [5, 5.41) is 9.02. The molecule has 6 heteroatoms. The number of fused-ring (bicyclic) bond motifs is 1. The van der Waals surface area contributed by atoms with Crippen molar-refractivity contribution >= 4 is 27.5 Å². The molecule has 4 rings (SSSR count). The number of hydrogen-bond acceptors (Lipinski definition) is 4.